The van der Waals surface area contributed by atoms with Crippen molar-refractivity contribution in [2.24, 2.45) is 0 Å². The van der Waals surface area contributed by atoms with Crippen LogP contribution in [-0.2, 0) is 55.5 Å². The second-order valence-corrected chi connectivity index (χ2v) is 0.981. The Balaban J connectivity index is -0.0000000450. The molecule has 0 saturated heterocycles. The van der Waals surface area contributed by atoms with Crippen LogP contribution >= 0.6 is 0 Å². The smallest absolute Gasteiger partial charge is 0 e. The monoisotopic (exact) mass is 358 g/mol. The van der Waals surface area contributed by atoms with Gasteiger partial charge in [0.15, 0.2) is 0 Å². The molecule has 0 aromatic heterocycles. The molecular formula is HO3TmVY. The Morgan fingerprint density at radius 1 is 1.33 bits per heavy atom. The van der Waals surface area contributed by atoms with Crippen molar-refractivity contribution in [1.29, 1.82) is 0 Å². The molecule has 2 radical (unpaired) electrons. The summed E-state index contributed by atoms with van der Waals surface area (Å²) in [4.78, 5) is 0. The number of rotatable bonds is 0. The molecule has 0 saturated carbocycles. The quantitative estimate of drug-likeness (QED) is 0.617. The first-order valence-corrected chi connectivity index (χ1v) is 2.33. The molecule has 0 spiro atoms. The van der Waals surface area contributed by atoms with Gasteiger partial charge in [-0.1, -0.05) is 0 Å². The van der Waals surface area contributed by atoms with Gasteiger partial charge in [-0.25, -0.2) is 0 Å². The zero-order chi connectivity index (χ0) is 3.58. The van der Waals surface area contributed by atoms with Gasteiger partial charge in [-0.2, -0.15) is 0 Å². The van der Waals surface area contributed by atoms with E-state index < -0.39 is 15.4 Å². The van der Waals surface area contributed by atoms with Gasteiger partial charge in [-0.3, -0.25) is 0 Å². The molecule has 0 fully saturated rings. The van der Waals surface area contributed by atoms with Crippen LogP contribution in [0.3, 0.4) is 0 Å². The normalized spacial score (nSPS) is 4.17. The zero-order valence-electron chi connectivity index (χ0n) is 2.57. The van der Waals surface area contributed by atoms with Crippen molar-refractivity contribution >= 4 is 0 Å². The van der Waals surface area contributed by atoms with Gasteiger partial charge in [-0.15, -0.1) is 0 Å². The zero-order valence-corrected chi connectivity index (χ0v) is 8.58. The molecule has 40 valence electrons. The molecule has 0 aromatic carbocycles. The van der Waals surface area contributed by atoms with E-state index in [9.17, 15) is 0 Å². The van der Waals surface area contributed by atoms with Gasteiger partial charge in [0.2, 0.25) is 0 Å². The van der Waals surface area contributed by atoms with Gasteiger partial charge in [0.05, 0.1) is 0 Å². The first-order chi connectivity index (χ1) is 1.73. The molecular weight excluding hydrogens is 357 g/mol. The third-order valence-corrected chi connectivity index (χ3v) is 0. The van der Waals surface area contributed by atoms with Gasteiger partial charge in [0.25, 0.3) is 0 Å². The van der Waals surface area contributed by atoms with E-state index in [0.29, 0.717) is 0 Å². The minimum Gasteiger partial charge on any atom is 0 e. The van der Waals surface area contributed by atoms with Gasteiger partial charge in [0.1, 0.15) is 0 Å². The van der Waals surface area contributed by atoms with E-state index in [-0.39, 0.29) is 69.6 Å². The summed E-state index contributed by atoms with van der Waals surface area (Å²) in [6, 6.07) is 0. The molecule has 0 rings (SSSR count). The number of hydrogen-bond acceptors (Lipinski definition) is 2. The Morgan fingerprint density at radius 2 is 1.33 bits per heavy atom. The fraction of sp³-hybridized carbons (Fsp3) is 0. The third kappa shape index (κ3) is 31.6. The Kier molecular flexibility index (Phi) is 27.5. The molecule has 0 unspecified atom stereocenters. The van der Waals surface area contributed by atoms with Crippen molar-refractivity contribution < 1.29 is 96.4 Å². The fourth-order valence-corrected chi connectivity index (χ4v) is 0. The van der Waals surface area contributed by atoms with Crippen LogP contribution in [0.5, 0.6) is 0 Å². The van der Waals surface area contributed by atoms with Crippen molar-refractivity contribution in [2.45, 2.75) is 0 Å². The molecule has 0 aliphatic carbocycles. The summed E-state index contributed by atoms with van der Waals surface area (Å²) in [7, 11) is 0. The average Bonchev–Trinajstić information content (AvgIpc) is 0.811. The molecule has 0 aliphatic rings. The van der Waals surface area contributed by atoms with Crippen LogP contribution in [0, 0.1) is 36.9 Å². The second-order valence-electron chi connectivity index (χ2n) is 0.238. The SMILES string of the molecule is [O]=[V](=[O])[OH].[Tm].[Y]. The first-order valence-electron chi connectivity index (χ1n) is 0.565. The van der Waals surface area contributed by atoms with Crippen molar-refractivity contribution in [3.05, 3.63) is 0 Å². The average molecular weight is 358 g/mol. The van der Waals surface area contributed by atoms with Crippen molar-refractivity contribution in [2.75, 3.05) is 0 Å². The molecule has 0 heterocycles. The van der Waals surface area contributed by atoms with E-state index in [0.717, 1.165) is 0 Å². The fourth-order valence-electron chi connectivity index (χ4n) is 0. The minimum atomic E-state index is -3.69. The number of hydrogen-bond donors (Lipinski definition) is 1. The van der Waals surface area contributed by atoms with E-state index >= 15 is 0 Å². The van der Waals surface area contributed by atoms with Crippen LogP contribution in [0.1, 0.15) is 0 Å². The van der Waals surface area contributed by atoms with Crippen LogP contribution in [0.2, 0.25) is 0 Å². The summed E-state index contributed by atoms with van der Waals surface area (Å²) < 4.78 is 24.4. The Hall–Kier alpha value is 2.48. The molecule has 3 nitrogen and oxygen atoms in total. The topological polar surface area (TPSA) is 54.4 Å². The largest absolute Gasteiger partial charge is 0 e. The second kappa shape index (κ2) is 10.5. The van der Waals surface area contributed by atoms with Gasteiger partial charge >= 0.3 is 26.8 Å². The third-order valence-electron chi connectivity index (χ3n) is 0. The summed E-state index contributed by atoms with van der Waals surface area (Å²) in [5.41, 5.74) is 0. The molecule has 6 heavy (non-hydrogen) atoms. The maximum absolute atomic E-state index is 8.67. The van der Waals surface area contributed by atoms with Crippen LogP contribution in [0.15, 0.2) is 0 Å². The van der Waals surface area contributed by atoms with E-state index in [4.69, 9.17) is 11.4 Å². The van der Waals surface area contributed by atoms with Crippen LogP contribution in [0.25, 0.3) is 0 Å². The van der Waals surface area contributed by atoms with Crippen molar-refractivity contribution in [3.8, 4) is 0 Å². The van der Waals surface area contributed by atoms with Crippen LogP contribution in [-0.4, -0.2) is 4.03 Å². The van der Waals surface area contributed by atoms with Crippen molar-refractivity contribution in [1.82, 2.24) is 0 Å². The minimum absolute atomic E-state index is 0. The van der Waals surface area contributed by atoms with Crippen molar-refractivity contribution in [3.63, 3.8) is 0 Å². The van der Waals surface area contributed by atoms with Gasteiger partial charge < -0.3 is 0 Å². The summed E-state index contributed by atoms with van der Waals surface area (Å²) in [6.07, 6.45) is 0. The first kappa shape index (κ1) is 15.8. The molecule has 6 heteroatoms. The summed E-state index contributed by atoms with van der Waals surface area (Å²) in [5.74, 6) is 0. The summed E-state index contributed by atoms with van der Waals surface area (Å²) in [5, 5.41) is 0. The van der Waals surface area contributed by atoms with Crippen LogP contribution < -0.4 is 0 Å². The maximum Gasteiger partial charge on any atom is 0 e. The van der Waals surface area contributed by atoms with Crippen LogP contribution in [0.4, 0.5) is 0 Å². The predicted molar refractivity (Wildman–Crippen MR) is 3.59 cm³/mol. The molecule has 0 bridgehead atoms. The van der Waals surface area contributed by atoms with E-state index in [1.165, 1.54) is 0 Å². The maximum atomic E-state index is 8.67. The summed E-state index contributed by atoms with van der Waals surface area (Å²) >= 11 is -3.69. The van der Waals surface area contributed by atoms with Gasteiger partial charge in [0, 0.05) is 69.6 Å². The Labute approximate surface area is 94.3 Å². The standard InChI is InChI=1S/H2O.2O.Tm.V.Y/h1H2;;;;;/q;;;;+1;/p-1. The molecule has 1 N–H and O–H groups in total. The van der Waals surface area contributed by atoms with E-state index in [1.54, 1.807) is 0 Å². The Morgan fingerprint density at radius 3 is 1.33 bits per heavy atom. The predicted octanol–water partition coefficient (Wildman–Crippen LogP) is -0.800. The Bertz CT molecular complexity index is 59.2. The summed E-state index contributed by atoms with van der Waals surface area (Å²) in [6.45, 7) is 0. The molecule has 0 amide bonds. The van der Waals surface area contributed by atoms with E-state index in [2.05, 4.69) is 0 Å². The molecule has 0 atom stereocenters. The molecule has 0 aliphatic heterocycles. The van der Waals surface area contributed by atoms with Gasteiger partial charge in [-0.05, 0) is 0 Å². The van der Waals surface area contributed by atoms with E-state index in [1.807, 2.05) is 0 Å². The molecule has 0 aromatic rings.